The molecular weight excluding hydrogens is 621 g/mol. The number of carbonyl (C=O) groups excluding carboxylic acids is 3. The Hall–Kier alpha value is -4.04. The summed E-state index contributed by atoms with van der Waals surface area (Å²) in [7, 11) is -4.35. The Morgan fingerprint density at radius 2 is 1.78 bits per heavy atom. The van der Waals surface area contributed by atoms with Gasteiger partial charge < -0.3 is 29.2 Å². The second kappa shape index (κ2) is 15.0. The van der Waals surface area contributed by atoms with Crippen molar-refractivity contribution < 1.29 is 46.9 Å². The molecule has 4 rings (SSSR count). The van der Waals surface area contributed by atoms with Crippen LogP contribution in [0.5, 0.6) is 5.75 Å². The molecule has 3 N–H and O–H groups in total. The number of para-hydroxylation sites is 1. The monoisotopic (exact) mass is 661 g/mol. The largest absolute Gasteiger partial charge is 0.465 e. The van der Waals surface area contributed by atoms with Crippen LogP contribution < -0.4 is 15.3 Å². The van der Waals surface area contributed by atoms with E-state index in [1.165, 1.54) is 17.8 Å². The Labute approximate surface area is 266 Å². The molecule has 0 saturated carbocycles. The molecular formula is C30H40N5O10P. The van der Waals surface area contributed by atoms with Gasteiger partial charge in [0.05, 0.1) is 18.9 Å². The van der Waals surface area contributed by atoms with Gasteiger partial charge in [-0.15, -0.1) is 0 Å². The minimum Gasteiger partial charge on any atom is -0.465 e. The normalized spacial score (nSPS) is 22.9. The fourth-order valence-electron chi connectivity index (χ4n) is 4.78. The van der Waals surface area contributed by atoms with Gasteiger partial charge in [-0.05, 0) is 44.5 Å². The Bertz CT molecular complexity index is 1570. The Morgan fingerprint density at radius 1 is 1.09 bits per heavy atom. The van der Waals surface area contributed by atoms with Gasteiger partial charge in [0, 0.05) is 12.8 Å². The van der Waals surface area contributed by atoms with Crippen molar-refractivity contribution in [1.29, 1.82) is 0 Å². The molecule has 0 spiro atoms. The second-order valence-electron chi connectivity index (χ2n) is 10.8. The molecule has 2 aromatic heterocycles. The minimum absolute atomic E-state index is 0.0128. The van der Waals surface area contributed by atoms with Crippen LogP contribution in [0.25, 0.3) is 5.52 Å². The van der Waals surface area contributed by atoms with Crippen molar-refractivity contribution in [2.75, 3.05) is 18.9 Å². The highest BCUT2D eigenvalue weighted by Crippen LogP contribution is 2.50. The second-order valence-corrected chi connectivity index (χ2v) is 12.5. The van der Waals surface area contributed by atoms with Gasteiger partial charge in [-0.1, -0.05) is 39.0 Å². The quantitative estimate of drug-likeness (QED) is 0.135. The number of ether oxygens (including phenoxy) is 4. The Balaban J connectivity index is 1.71. The maximum Gasteiger partial charge on any atom is 0.459 e. The number of carbonyl (C=O) groups is 3. The fourth-order valence-corrected chi connectivity index (χ4v) is 6.37. The molecule has 0 aliphatic carbocycles. The zero-order chi connectivity index (χ0) is 33.5. The number of esters is 3. The molecule has 1 saturated heterocycles. The van der Waals surface area contributed by atoms with E-state index < -0.39 is 62.2 Å². The highest BCUT2D eigenvalue weighted by Gasteiger charge is 2.59. The number of benzene rings is 1. The third-order valence-corrected chi connectivity index (χ3v) is 8.77. The Morgan fingerprint density at radius 3 is 2.46 bits per heavy atom. The number of nitrogens with two attached hydrogens (primary N) is 1. The molecule has 250 valence electrons. The molecule has 1 aromatic carbocycles. The number of fused-ring (bicyclic) bond motifs is 1. The minimum atomic E-state index is -4.35. The molecule has 46 heavy (non-hydrogen) atoms. The zero-order valence-electron chi connectivity index (χ0n) is 26.4. The lowest BCUT2D eigenvalue weighted by atomic mass is 9.96. The zero-order valence-corrected chi connectivity index (χ0v) is 27.3. The number of hydrogen-bond donors (Lipinski definition) is 2. The van der Waals surface area contributed by atoms with E-state index >= 15 is 0 Å². The van der Waals surface area contributed by atoms with Crippen LogP contribution in [0.4, 0.5) is 5.82 Å². The highest BCUT2D eigenvalue weighted by atomic mass is 31.2. The van der Waals surface area contributed by atoms with Gasteiger partial charge in [0.15, 0.2) is 18.0 Å². The first-order chi connectivity index (χ1) is 21.9. The first-order valence-corrected chi connectivity index (χ1v) is 16.6. The third kappa shape index (κ3) is 8.02. The van der Waals surface area contributed by atoms with Crippen LogP contribution >= 0.6 is 7.75 Å². The number of nitrogen functional groups attached to an aromatic ring is 1. The fraction of sp³-hybridized carbons (Fsp3) is 0.500. The van der Waals surface area contributed by atoms with Gasteiger partial charge in [-0.25, -0.2) is 14.1 Å². The SMILES string of the molecule is CCCOC(=O)[C@H](C)N[P@@](=O)(OC[C@@]1(C)O[C@@H](c2ccc3c(N)ncnn23)[C@H](OC(=O)CC)[C@@H]1OC(=O)CC)Oc1ccccc1. The molecule has 0 bridgehead atoms. The summed E-state index contributed by atoms with van der Waals surface area (Å²) in [5.74, 6) is -1.43. The summed E-state index contributed by atoms with van der Waals surface area (Å²) in [5.41, 5.74) is 5.37. The molecule has 0 radical (unpaired) electrons. The predicted molar refractivity (Wildman–Crippen MR) is 164 cm³/mol. The van der Waals surface area contributed by atoms with E-state index in [0.29, 0.717) is 17.6 Å². The number of nitrogens with zero attached hydrogens (tertiary/aromatic N) is 3. The molecule has 1 aliphatic heterocycles. The summed E-state index contributed by atoms with van der Waals surface area (Å²) in [4.78, 5) is 42.0. The number of anilines is 1. The van der Waals surface area contributed by atoms with E-state index in [1.807, 2.05) is 6.92 Å². The molecule has 3 aromatic rings. The number of hydrogen-bond acceptors (Lipinski definition) is 13. The Kier molecular flexibility index (Phi) is 11.4. The molecule has 6 atom stereocenters. The highest BCUT2D eigenvalue weighted by molar-refractivity contribution is 7.52. The van der Waals surface area contributed by atoms with Gasteiger partial charge in [0.2, 0.25) is 0 Å². The summed E-state index contributed by atoms with van der Waals surface area (Å²) in [6.07, 6.45) is -1.54. The summed E-state index contributed by atoms with van der Waals surface area (Å²) in [6, 6.07) is 10.5. The van der Waals surface area contributed by atoms with Gasteiger partial charge in [-0.2, -0.15) is 10.2 Å². The van der Waals surface area contributed by atoms with Crippen LogP contribution in [0.1, 0.15) is 65.7 Å². The van der Waals surface area contributed by atoms with Crippen molar-refractivity contribution in [3.63, 3.8) is 0 Å². The van der Waals surface area contributed by atoms with Crippen LogP contribution in [0.2, 0.25) is 0 Å². The number of nitrogens with one attached hydrogen (secondary N) is 1. The van der Waals surface area contributed by atoms with Crippen molar-refractivity contribution in [2.24, 2.45) is 0 Å². The van der Waals surface area contributed by atoms with Crippen LogP contribution in [-0.2, 0) is 42.4 Å². The van der Waals surface area contributed by atoms with Crippen LogP contribution in [-0.4, -0.2) is 69.6 Å². The summed E-state index contributed by atoms with van der Waals surface area (Å²) < 4.78 is 50.8. The number of aromatic nitrogens is 3. The van der Waals surface area contributed by atoms with Gasteiger partial charge >= 0.3 is 25.7 Å². The maximum absolute atomic E-state index is 14.2. The molecule has 3 heterocycles. The van der Waals surface area contributed by atoms with Crippen molar-refractivity contribution in [2.45, 2.75) is 83.8 Å². The van der Waals surface area contributed by atoms with E-state index in [-0.39, 0.29) is 31.0 Å². The van der Waals surface area contributed by atoms with Gasteiger partial charge in [0.1, 0.15) is 35.3 Å². The standard InChI is InChI=1S/C30H40N5O10P/c1-6-16-40-29(38)19(4)34-46(39,45-20-12-10-9-11-13-20)41-17-30(5)27(43-24(37)8-3)26(42-23(36)7-2)25(44-30)21-14-15-22-28(31)32-18-33-35(21)22/h9-15,18-19,25-27H,6-8,16-17H2,1-5H3,(H,34,39)(H2,31,32,33)/t19-,25-,26-,27-,30+,46+/m0/s1. The third-order valence-electron chi connectivity index (χ3n) is 7.14. The van der Waals surface area contributed by atoms with Crippen molar-refractivity contribution >= 4 is 37.0 Å². The van der Waals surface area contributed by atoms with Crippen LogP contribution in [0.15, 0.2) is 48.8 Å². The van der Waals surface area contributed by atoms with E-state index in [1.54, 1.807) is 63.2 Å². The average Bonchev–Trinajstić information content (AvgIpc) is 3.59. The first kappa shape index (κ1) is 34.8. The smallest absolute Gasteiger partial charge is 0.459 e. The van der Waals surface area contributed by atoms with Crippen molar-refractivity contribution in [3.8, 4) is 5.75 Å². The molecule has 0 unspecified atom stereocenters. The summed E-state index contributed by atoms with van der Waals surface area (Å²) in [5, 5.41) is 6.91. The lowest BCUT2D eigenvalue weighted by molar-refractivity contribution is -0.171. The lowest BCUT2D eigenvalue weighted by Gasteiger charge is -2.32. The molecule has 16 heteroatoms. The van der Waals surface area contributed by atoms with Crippen molar-refractivity contribution in [1.82, 2.24) is 19.7 Å². The van der Waals surface area contributed by atoms with Gasteiger partial charge in [-0.3, -0.25) is 18.9 Å². The number of rotatable bonds is 15. The van der Waals surface area contributed by atoms with E-state index in [0.717, 1.165) is 0 Å². The predicted octanol–water partition coefficient (Wildman–Crippen LogP) is 3.92. The van der Waals surface area contributed by atoms with E-state index in [2.05, 4.69) is 15.2 Å². The molecule has 1 aliphatic rings. The van der Waals surface area contributed by atoms with Crippen molar-refractivity contribution in [3.05, 3.63) is 54.5 Å². The molecule has 15 nitrogen and oxygen atoms in total. The average molecular weight is 662 g/mol. The van der Waals surface area contributed by atoms with E-state index in [9.17, 15) is 18.9 Å². The van der Waals surface area contributed by atoms with Crippen LogP contribution in [0, 0.1) is 0 Å². The first-order valence-electron chi connectivity index (χ1n) is 15.0. The summed E-state index contributed by atoms with van der Waals surface area (Å²) in [6.45, 7) is 7.79. The summed E-state index contributed by atoms with van der Waals surface area (Å²) >= 11 is 0. The lowest BCUT2D eigenvalue weighted by Crippen LogP contribution is -2.48. The van der Waals surface area contributed by atoms with Crippen LogP contribution in [0.3, 0.4) is 0 Å². The maximum atomic E-state index is 14.2. The molecule has 1 fully saturated rings. The molecule has 0 amide bonds. The van der Waals surface area contributed by atoms with Gasteiger partial charge in [0.25, 0.3) is 0 Å². The topological polar surface area (TPSA) is 192 Å². The van der Waals surface area contributed by atoms with E-state index in [4.69, 9.17) is 33.7 Å².